The minimum atomic E-state index is -2.26. The van der Waals surface area contributed by atoms with E-state index in [1.807, 2.05) is 19.1 Å². The summed E-state index contributed by atoms with van der Waals surface area (Å²) in [6.07, 6.45) is -0.689. The molecule has 1 fully saturated rings. The number of amides is 2. The zero-order valence-corrected chi connectivity index (χ0v) is 24.0. The molecule has 0 bridgehead atoms. The maximum Gasteiger partial charge on any atom is 0.253 e. The van der Waals surface area contributed by atoms with Gasteiger partial charge in [-0.25, -0.2) is 8.60 Å². The van der Waals surface area contributed by atoms with E-state index in [0.29, 0.717) is 34.0 Å². The van der Waals surface area contributed by atoms with Crippen LogP contribution >= 0.6 is 23.2 Å². The number of nitrogens with one attached hydrogen (secondary N) is 1. The lowest BCUT2D eigenvalue weighted by molar-refractivity contribution is -0.181. The van der Waals surface area contributed by atoms with Crippen LogP contribution in [0.5, 0.6) is 0 Å². The second-order valence-electron chi connectivity index (χ2n) is 9.48. The Morgan fingerprint density at radius 2 is 1.60 bits per heavy atom. The number of hydrogen-bond acceptors (Lipinski definition) is 4. The fourth-order valence-corrected chi connectivity index (χ4v) is 5.42. The minimum Gasteiger partial charge on any atom is -0.358 e. The fraction of sp³-hybridized carbons (Fsp3) is 0.310. The SMILES string of the molecule is CCC[C@H](C(=O)NCS(=O)O)N1C(=O)[C@H](Cc2ccc(F)cc2)O[C@@H](c2ccc(Cl)cc2)[C@H]1c1ccc(Cl)cc1. The van der Waals surface area contributed by atoms with Crippen molar-refractivity contribution in [3.63, 3.8) is 0 Å². The van der Waals surface area contributed by atoms with Crippen molar-refractivity contribution < 1.29 is 27.5 Å². The molecule has 1 heterocycles. The Morgan fingerprint density at radius 1 is 1.02 bits per heavy atom. The Bertz CT molecular complexity index is 1340. The normalized spacial score (nSPS) is 20.7. The predicted octanol–water partition coefficient (Wildman–Crippen LogP) is 5.85. The van der Waals surface area contributed by atoms with Crippen molar-refractivity contribution in [2.75, 3.05) is 5.88 Å². The summed E-state index contributed by atoms with van der Waals surface area (Å²) in [5, 5.41) is 3.52. The molecule has 5 atom stereocenters. The average molecular weight is 608 g/mol. The van der Waals surface area contributed by atoms with E-state index in [-0.39, 0.29) is 6.42 Å². The molecule has 0 radical (unpaired) electrons. The molecular formula is C29H29Cl2FN2O5S. The van der Waals surface area contributed by atoms with Crippen molar-refractivity contribution in [1.29, 1.82) is 0 Å². The van der Waals surface area contributed by atoms with E-state index >= 15 is 0 Å². The number of halogens is 3. The zero-order chi connectivity index (χ0) is 28.8. The third kappa shape index (κ3) is 7.27. The summed E-state index contributed by atoms with van der Waals surface area (Å²) < 4.78 is 40.7. The van der Waals surface area contributed by atoms with Gasteiger partial charge in [0.2, 0.25) is 5.91 Å². The summed E-state index contributed by atoms with van der Waals surface area (Å²) in [6.45, 7) is 1.89. The Kier molecular flexibility index (Phi) is 10.3. The number of ether oxygens (including phenoxy) is 1. The molecule has 0 saturated carbocycles. The monoisotopic (exact) mass is 606 g/mol. The van der Waals surface area contributed by atoms with E-state index in [2.05, 4.69) is 5.32 Å². The summed E-state index contributed by atoms with van der Waals surface area (Å²) in [4.78, 5) is 29.2. The second kappa shape index (κ2) is 13.7. The molecule has 4 rings (SSSR count). The maximum absolute atomic E-state index is 14.2. The van der Waals surface area contributed by atoms with Crippen LogP contribution in [0, 0.1) is 5.82 Å². The number of carbonyl (C=O) groups excluding carboxylic acids is 2. The van der Waals surface area contributed by atoms with Gasteiger partial charge in [0.25, 0.3) is 5.91 Å². The summed E-state index contributed by atoms with van der Waals surface area (Å²) in [5.41, 5.74) is 2.11. The second-order valence-corrected chi connectivity index (χ2v) is 11.3. The van der Waals surface area contributed by atoms with Gasteiger partial charge in [-0.2, -0.15) is 0 Å². The van der Waals surface area contributed by atoms with Crippen molar-refractivity contribution in [3.8, 4) is 0 Å². The maximum atomic E-state index is 14.2. The largest absolute Gasteiger partial charge is 0.358 e. The first-order chi connectivity index (χ1) is 19.2. The molecule has 1 aliphatic rings. The van der Waals surface area contributed by atoms with Gasteiger partial charge in [0.15, 0.2) is 11.1 Å². The standard InChI is InChI=1S/C29H29Cl2FN2O5S/c1-2-3-24(28(35)33-17-40(37)38)34-26(19-6-10-21(30)11-7-19)27(20-8-12-22(31)13-9-20)39-25(29(34)36)16-18-4-14-23(32)15-5-18/h4-15,24-27H,2-3,16-17H2,1H3,(H,33,35)(H,37,38)/t24-,25+,26-,27+/m1/s1. The van der Waals surface area contributed by atoms with E-state index in [9.17, 15) is 22.7 Å². The van der Waals surface area contributed by atoms with Crippen molar-refractivity contribution in [3.05, 3.63) is 105 Å². The molecule has 1 saturated heterocycles. The summed E-state index contributed by atoms with van der Waals surface area (Å²) >= 11 is 10.1. The molecule has 212 valence electrons. The molecule has 0 aromatic heterocycles. The van der Waals surface area contributed by atoms with Crippen LogP contribution in [0.15, 0.2) is 72.8 Å². The zero-order valence-electron chi connectivity index (χ0n) is 21.6. The quantitative estimate of drug-likeness (QED) is 0.282. The molecular weight excluding hydrogens is 578 g/mol. The highest BCUT2D eigenvalue weighted by molar-refractivity contribution is 7.79. The van der Waals surface area contributed by atoms with Gasteiger partial charge in [0.05, 0.1) is 6.04 Å². The van der Waals surface area contributed by atoms with Gasteiger partial charge < -0.3 is 19.5 Å². The fourth-order valence-electron chi connectivity index (χ4n) is 4.91. The predicted molar refractivity (Wildman–Crippen MR) is 153 cm³/mol. The molecule has 3 aromatic carbocycles. The number of nitrogens with zero attached hydrogens (tertiary/aromatic N) is 1. The Balaban J connectivity index is 1.84. The van der Waals surface area contributed by atoms with Crippen LogP contribution in [0.4, 0.5) is 4.39 Å². The molecule has 1 aliphatic heterocycles. The van der Waals surface area contributed by atoms with Gasteiger partial charge >= 0.3 is 0 Å². The van der Waals surface area contributed by atoms with Gasteiger partial charge in [-0.15, -0.1) is 0 Å². The lowest BCUT2D eigenvalue weighted by Crippen LogP contribution is -2.59. The van der Waals surface area contributed by atoms with E-state index in [4.69, 9.17) is 27.9 Å². The molecule has 11 heteroatoms. The van der Waals surface area contributed by atoms with E-state index < -0.39 is 58.9 Å². The first kappa shape index (κ1) is 30.1. The van der Waals surface area contributed by atoms with Crippen LogP contribution < -0.4 is 5.32 Å². The van der Waals surface area contributed by atoms with Gasteiger partial charge in [-0.05, 0) is 59.5 Å². The first-order valence-corrected chi connectivity index (χ1v) is 14.8. The van der Waals surface area contributed by atoms with Crippen molar-refractivity contribution in [2.24, 2.45) is 0 Å². The summed E-state index contributed by atoms with van der Waals surface area (Å²) in [5.74, 6) is -1.84. The number of carbonyl (C=O) groups is 2. The van der Waals surface area contributed by atoms with Gasteiger partial charge in [-0.3, -0.25) is 9.59 Å². The first-order valence-electron chi connectivity index (χ1n) is 12.8. The molecule has 0 spiro atoms. The number of benzene rings is 3. The molecule has 3 aromatic rings. The Labute approximate surface area is 244 Å². The molecule has 2 N–H and O–H groups in total. The van der Waals surface area contributed by atoms with Crippen LogP contribution in [-0.2, 0) is 31.8 Å². The molecule has 2 amide bonds. The number of rotatable bonds is 10. The highest BCUT2D eigenvalue weighted by Crippen LogP contribution is 2.44. The van der Waals surface area contributed by atoms with Gasteiger partial charge in [-0.1, -0.05) is 72.9 Å². The average Bonchev–Trinajstić information content (AvgIpc) is 2.93. The topological polar surface area (TPSA) is 95.9 Å². The minimum absolute atomic E-state index is 0.147. The van der Waals surface area contributed by atoms with Crippen molar-refractivity contribution in [1.82, 2.24) is 10.2 Å². The number of hydrogen-bond donors (Lipinski definition) is 2. The highest BCUT2D eigenvalue weighted by atomic mass is 35.5. The molecule has 0 aliphatic carbocycles. The summed E-state index contributed by atoms with van der Waals surface area (Å²) in [7, 11) is 0. The van der Waals surface area contributed by atoms with E-state index in [1.54, 1.807) is 48.5 Å². The van der Waals surface area contributed by atoms with E-state index in [0.717, 1.165) is 5.56 Å². The summed E-state index contributed by atoms with van der Waals surface area (Å²) in [6, 6.07) is 18.1. The van der Waals surface area contributed by atoms with Gasteiger partial charge in [0, 0.05) is 16.5 Å². The molecule has 1 unspecified atom stereocenters. The van der Waals surface area contributed by atoms with Crippen LogP contribution in [-0.4, -0.2) is 43.5 Å². The van der Waals surface area contributed by atoms with Crippen LogP contribution in [0.3, 0.4) is 0 Å². The van der Waals surface area contributed by atoms with Crippen molar-refractivity contribution >= 4 is 46.1 Å². The highest BCUT2D eigenvalue weighted by Gasteiger charge is 2.48. The molecule has 40 heavy (non-hydrogen) atoms. The van der Waals surface area contributed by atoms with Crippen molar-refractivity contribution in [2.45, 2.75) is 50.5 Å². The third-order valence-corrected chi connectivity index (χ3v) is 7.64. The van der Waals surface area contributed by atoms with Crippen LogP contribution in [0.1, 0.15) is 48.6 Å². The molecule has 7 nitrogen and oxygen atoms in total. The van der Waals surface area contributed by atoms with Gasteiger partial charge in [0.1, 0.15) is 29.9 Å². The Hall–Kier alpha value is -2.82. The van der Waals surface area contributed by atoms with Crippen LogP contribution in [0.2, 0.25) is 10.0 Å². The third-order valence-electron chi connectivity index (χ3n) is 6.74. The van der Waals surface area contributed by atoms with E-state index in [1.165, 1.54) is 17.0 Å². The Morgan fingerprint density at radius 3 is 2.15 bits per heavy atom. The number of morpholine rings is 1. The van der Waals surface area contributed by atoms with Crippen LogP contribution in [0.25, 0.3) is 0 Å². The lowest BCUT2D eigenvalue weighted by atomic mass is 9.88. The smallest absolute Gasteiger partial charge is 0.253 e. The lowest BCUT2D eigenvalue weighted by Gasteiger charge is -2.47.